The third-order valence-electron chi connectivity index (χ3n) is 0.761. The summed E-state index contributed by atoms with van der Waals surface area (Å²) >= 11 is 0. The summed E-state index contributed by atoms with van der Waals surface area (Å²) in [6, 6.07) is 0. The Labute approximate surface area is 50.8 Å². The van der Waals surface area contributed by atoms with Gasteiger partial charge in [0, 0.05) is 6.16 Å². The zero-order valence-corrected chi connectivity index (χ0v) is 5.44. The van der Waals surface area contributed by atoms with E-state index in [2.05, 4.69) is 30.1 Å². The van der Waals surface area contributed by atoms with Crippen molar-refractivity contribution >= 4 is 14.0 Å². The Bertz CT molecular complexity index is 110. The fourth-order valence-electron chi connectivity index (χ4n) is 0.436. The number of hydrogen-bond acceptors (Lipinski definition) is 0. The number of rotatable bonds is 0. The standard InChI is InChI=1S/C6H7P.H2O/c1-2-4-6-7-5-3-1;/h1-5H,6H2;1H2. The Hall–Kier alpha value is -0.390. The third-order valence-corrected chi connectivity index (χ3v) is 1.57. The molecule has 2 heteroatoms. The molecule has 0 atom stereocenters. The summed E-state index contributed by atoms with van der Waals surface area (Å²) in [6.07, 6.45) is 9.55. The van der Waals surface area contributed by atoms with Crippen LogP contribution in [0.25, 0.3) is 0 Å². The first-order valence-corrected chi connectivity index (χ1v) is 3.46. The van der Waals surface area contributed by atoms with E-state index in [0.717, 1.165) is 0 Å². The molecule has 0 unspecified atom stereocenters. The molecule has 0 aliphatic carbocycles. The van der Waals surface area contributed by atoms with E-state index in [1.54, 1.807) is 0 Å². The minimum Gasteiger partial charge on any atom is -0.412 e. The van der Waals surface area contributed by atoms with Crippen LogP contribution in [0.2, 0.25) is 0 Å². The summed E-state index contributed by atoms with van der Waals surface area (Å²) in [4.78, 5) is 0. The Morgan fingerprint density at radius 3 is 2.88 bits per heavy atom. The molecule has 44 valence electrons. The predicted molar refractivity (Wildman–Crippen MR) is 39.7 cm³/mol. The first-order chi connectivity index (χ1) is 3.50. The van der Waals surface area contributed by atoms with Crippen LogP contribution in [0.1, 0.15) is 0 Å². The predicted octanol–water partition coefficient (Wildman–Crippen LogP) is 1.04. The molecule has 1 aliphatic heterocycles. The van der Waals surface area contributed by atoms with Crippen molar-refractivity contribution in [2.45, 2.75) is 0 Å². The van der Waals surface area contributed by atoms with Crippen LogP contribution in [0.5, 0.6) is 0 Å². The van der Waals surface area contributed by atoms with E-state index in [9.17, 15) is 0 Å². The molecule has 0 saturated carbocycles. The van der Waals surface area contributed by atoms with Crippen LogP contribution in [-0.4, -0.2) is 17.4 Å². The second kappa shape index (κ2) is 4.76. The van der Waals surface area contributed by atoms with Crippen molar-refractivity contribution in [1.82, 2.24) is 0 Å². The molecular weight excluding hydrogens is 119 g/mol. The minimum atomic E-state index is 0. The van der Waals surface area contributed by atoms with Crippen LogP contribution in [0.4, 0.5) is 0 Å². The molecule has 1 rings (SSSR count). The molecule has 0 saturated heterocycles. The molecule has 2 N–H and O–H groups in total. The van der Waals surface area contributed by atoms with E-state index in [0.29, 0.717) is 0 Å². The Morgan fingerprint density at radius 2 is 2.00 bits per heavy atom. The van der Waals surface area contributed by atoms with Gasteiger partial charge in [0.05, 0.1) is 0 Å². The highest BCUT2D eigenvalue weighted by Crippen LogP contribution is 1.97. The van der Waals surface area contributed by atoms with Crippen LogP contribution in [-0.2, 0) is 0 Å². The molecule has 0 amide bonds. The number of allylic oxidation sites excluding steroid dienone is 4. The minimum absolute atomic E-state index is 0. The van der Waals surface area contributed by atoms with Gasteiger partial charge in [0.1, 0.15) is 0 Å². The molecule has 0 bridgehead atoms. The summed E-state index contributed by atoms with van der Waals surface area (Å²) in [5.41, 5.74) is 0. The molecule has 0 aromatic rings. The van der Waals surface area contributed by atoms with Crippen molar-refractivity contribution in [3.63, 3.8) is 0 Å². The van der Waals surface area contributed by atoms with Crippen molar-refractivity contribution in [2.75, 3.05) is 6.16 Å². The lowest BCUT2D eigenvalue weighted by Crippen LogP contribution is -1.53. The van der Waals surface area contributed by atoms with Gasteiger partial charge in [0.2, 0.25) is 0 Å². The van der Waals surface area contributed by atoms with Gasteiger partial charge in [-0.15, -0.1) is 8.20 Å². The van der Waals surface area contributed by atoms with Crippen molar-refractivity contribution in [3.8, 4) is 0 Å². The second-order valence-electron chi connectivity index (χ2n) is 1.33. The fourth-order valence-corrected chi connectivity index (χ4v) is 1.02. The van der Waals surface area contributed by atoms with Gasteiger partial charge in [0.25, 0.3) is 0 Å². The fraction of sp³-hybridized carbons (Fsp3) is 0.167. The quantitative estimate of drug-likeness (QED) is 0.436. The summed E-state index contributed by atoms with van der Waals surface area (Å²) < 4.78 is 0. The second-order valence-corrected chi connectivity index (χ2v) is 2.36. The maximum Gasteiger partial charge on any atom is 0.00771 e. The normalized spacial score (nSPS) is 17.0. The van der Waals surface area contributed by atoms with E-state index < -0.39 is 0 Å². The van der Waals surface area contributed by atoms with E-state index in [4.69, 9.17) is 0 Å². The van der Waals surface area contributed by atoms with E-state index in [1.807, 2.05) is 0 Å². The molecular formula is C6H9OP. The number of hydrogen-bond donors (Lipinski definition) is 0. The molecule has 0 fully saturated rings. The summed E-state index contributed by atoms with van der Waals surface area (Å²) in [5, 5.41) is 0. The van der Waals surface area contributed by atoms with E-state index >= 15 is 0 Å². The zero-order valence-electron chi connectivity index (χ0n) is 4.54. The van der Waals surface area contributed by atoms with Crippen molar-refractivity contribution in [1.29, 1.82) is 0 Å². The topological polar surface area (TPSA) is 31.5 Å². The summed E-state index contributed by atoms with van der Waals surface area (Å²) in [7, 11) is 1.41. The Kier molecular flexibility index (Phi) is 4.53. The first kappa shape index (κ1) is 7.61. The Balaban J connectivity index is 0.000000490. The maximum absolute atomic E-state index is 2.17. The van der Waals surface area contributed by atoms with Crippen LogP contribution < -0.4 is 0 Å². The van der Waals surface area contributed by atoms with Crippen LogP contribution >= 0.6 is 8.20 Å². The lowest BCUT2D eigenvalue weighted by molar-refractivity contribution is 0.824. The molecule has 0 aromatic heterocycles. The zero-order chi connectivity index (χ0) is 4.95. The summed E-state index contributed by atoms with van der Waals surface area (Å²) in [5.74, 6) is 2.15. The van der Waals surface area contributed by atoms with Crippen molar-refractivity contribution in [3.05, 3.63) is 24.3 Å². The van der Waals surface area contributed by atoms with Gasteiger partial charge in [-0.05, 0) is 5.80 Å². The van der Waals surface area contributed by atoms with E-state index in [-0.39, 0.29) is 5.48 Å². The van der Waals surface area contributed by atoms with Gasteiger partial charge in [0.15, 0.2) is 0 Å². The van der Waals surface area contributed by atoms with E-state index in [1.165, 1.54) is 14.4 Å². The first-order valence-electron chi connectivity index (χ1n) is 2.32. The molecule has 1 aliphatic rings. The lowest BCUT2D eigenvalue weighted by Gasteiger charge is -1.68. The van der Waals surface area contributed by atoms with Crippen LogP contribution in [0.15, 0.2) is 24.3 Å². The Morgan fingerprint density at radius 1 is 1.12 bits per heavy atom. The molecule has 1 nitrogen and oxygen atoms in total. The average Bonchev–Trinajstić information content (AvgIpc) is 1.90. The van der Waals surface area contributed by atoms with Gasteiger partial charge in [-0.1, -0.05) is 24.3 Å². The van der Waals surface area contributed by atoms with Gasteiger partial charge in [-0.2, -0.15) is 0 Å². The maximum atomic E-state index is 2.17. The van der Waals surface area contributed by atoms with Crippen molar-refractivity contribution < 1.29 is 5.48 Å². The third kappa shape index (κ3) is 2.73. The average molecular weight is 128 g/mol. The molecule has 1 heterocycles. The summed E-state index contributed by atoms with van der Waals surface area (Å²) in [6.45, 7) is 0. The highest BCUT2D eigenvalue weighted by atomic mass is 31.1. The van der Waals surface area contributed by atoms with Gasteiger partial charge >= 0.3 is 0 Å². The van der Waals surface area contributed by atoms with Crippen LogP contribution in [0.3, 0.4) is 0 Å². The van der Waals surface area contributed by atoms with Crippen LogP contribution in [0, 0.1) is 0 Å². The lowest BCUT2D eigenvalue weighted by atomic mass is 10.5. The van der Waals surface area contributed by atoms with Gasteiger partial charge < -0.3 is 5.48 Å². The highest BCUT2D eigenvalue weighted by molar-refractivity contribution is 7.39. The molecule has 0 radical (unpaired) electrons. The molecule has 8 heavy (non-hydrogen) atoms. The van der Waals surface area contributed by atoms with Crippen molar-refractivity contribution in [2.24, 2.45) is 0 Å². The molecule has 0 aromatic carbocycles. The molecule has 0 spiro atoms. The highest BCUT2D eigenvalue weighted by Gasteiger charge is 1.71. The smallest absolute Gasteiger partial charge is 0.00771 e. The SMILES string of the molecule is C1=CC=PCC=C1.O. The van der Waals surface area contributed by atoms with Gasteiger partial charge in [-0.25, -0.2) is 0 Å². The monoisotopic (exact) mass is 128 g/mol. The van der Waals surface area contributed by atoms with Gasteiger partial charge in [-0.3, -0.25) is 0 Å². The largest absolute Gasteiger partial charge is 0.412 e.